The molecule has 0 aliphatic carbocycles. The van der Waals surface area contributed by atoms with Crippen molar-refractivity contribution in [1.29, 1.82) is 0 Å². The third-order valence-electron chi connectivity index (χ3n) is 3.45. The summed E-state index contributed by atoms with van der Waals surface area (Å²) in [6, 6.07) is 3.43. The first-order valence-corrected chi connectivity index (χ1v) is 6.43. The molecule has 5 nitrogen and oxygen atoms in total. The number of hydrogen-bond donors (Lipinski definition) is 1. The second-order valence-corrected chi connectivity index (χ2v) is 4.55. The maximum atomic E-state index is 9.97. The Morgan fingerprint density at radius 3 is 2.26 bits per heavy atom. The van der Waals surface area contributed by atoms with Crippen LogP contribution in [0.25, 0.3) is 0 Å². The van der Waals surface area contributed by atoms with Crippen molar-refractivity contribution in [2.45, 2.75) is 19.1 Å². The number of hydrogen-bond acceptors (Lipinski definition) is 5. The second kappa shape index (κ2) is 6.12. The topological polar surface area (TPSA) is 51.2 Å². The number of nitrogens with zero attached hydrogens (tertiary/aromatic N) is 1. The molecule has 0 radical (unpaired) electrons. The first-order chi connectivity index (χ1) is 9.22. The minimum absolute atomic E-state index is 0.138. The lowest BCUT2D eigenvalue weighted by Gasteiger charge is -2.27. The van der Waals surface area contributed by atoms with E-state index in [0.717, 1.165) is 37.2 Å². The fourth-order valence-electron chi connectivity index (χ4n) is 2.58. The Morgan fingerprint density at radius 2 is 1.74 bits per heavy atom. The van der Waals surface area contributed by atoms with E-state index in [2.05, 4.69) is 4.90 Å². The zero-order chi connectivity index (χ0) is 13.8. The van der Waals surface area contributed by atoms with E-state index >= 15 is 0 Å². The van der Waals surface area contributed by atoms with E-state index in [1.807, 2.05) is 6.07 Å². The first kappa shape index (κ1) is 14.0. The van der Waals surface area contributed by atoms with Gasteiger partial charge in [0.15, 0.2) is 17.8 Å². The second-order valence-electron chi connectivity index (χ2n) is 4.55. The van der Waals surface area contributed by atoms with Gasteiger partial charge in [-0.1, -0.05) is 0 Å². The lowest BCUT2D eigenvalue weighted by atomic mass is 10.1. The van der Waals surface area contributed by atoms with E-state index in [0.29, 0.717) is 5.75 Å². The molecule has 1 aromatic rings. The van der Waals surface area contributed by atoms with E-state index in [1.165, 1.54) is 0 Å². The molecule has 106 valence electrons. The normalized spacial score (nSPS) is 15.3. The van der Waals surface area contributed by atoms with Gasteiger partial charge in [0, 0.05) is 32.9 Å². The molecule has 1 heterocycles. The van der Waals surface area contributed by atoms with Crippen molar-refractivity contribution in [3.05, 3.63) is 17.7 Å². The number of aromatic hydroxyl groups is 1. The van der Waals surface area contributed by atoms with Crippen molar-refractivity contribution in [2.75, 3.05) is 39.3 Å². The Kier molecular flexibility index (Phi) is 4.50. The summed E-state index contributed by atoms with van der Waals surface area (Å²) < 4.78 is 16.0. The van der Waals surface area contributed by atoms with E-state index < -0.39 is 6.29 Å². The molecule has 1 N–H and O–H groups in total. The third-order valence-corrected chi connectivity index (χ3v) is 3.45. The van der Waals surface area contributed by atoms with Gasteiger partial charge in [-0.15, -0.1) is 0 Å². The van der Waals surface area contributed by atoms with Crippen LogP contribution in [0.1, 0.15) is 24.7 Å². The first-order valence-electron chi connectivity index (χ1n) is 6.43. The van der Waals surface area contributed by atoms with E-state index in [9.17, 15) is 5.11 Å². The molecular weight excluding hydrogens is 246 g/mol. The summed E-state index contributed by atoms with van der Waals surface area (Å²) in [5.41, 5.74) is 1.75. The van der Waals surface area contributed by atoms with Crippen molar-refractivity contribution in [3.63, 3.8) is 0 Å². The molecule has 0 bridgehead atoms. The highest BCUT2D eigenvalue weighted by Gasteiger charge is 2.26. The number of rotatable bonds is 5. The molecule has 2 rings (SSSR count). The molecular formula is C14H21NO4. The molecule has 1 saturated heterocycles. The third kappa shape index (κ3) is 2.62. The average molecular weight is 267 g/mol. The monoisotopic (exact) mass is 267 g/mol. The van der Waals surface area contributed by atoms with Crippen molar-refractivity contribution in [1.82, 2.24) is 0 Å². The van der Waals surface area contributed by atoms with Crippen molar-refractivity contribution >= 4 is 5.69 Å². The maximum absolute atomic E-state index is 9.97. The van der Waals surface area contributed by atoms with Gasteiger partial charge in [-0.25, -0.2) is 0 Å². The van der Waals surface area contributed by atoms with Gasteiger partial charge >= 0.3 is 0 Å². The highest BCUT2D eigenvalue weighted by Crippen LogP contribution is 2.43. The molecule has 0 unspecified atom stereocenters. The van der Waals surface area contributed by atoms with Crippen LogP contribution in [0.3, 0.4) is 0 Å². The van der Waals surface area contributed by atoms with E-state index in [-0.39, 0.29) is 5.75 Å². The fraction of sp³-hybridized carbons (Fsp3) is 0.571. The maximum Gasteiger partial charge on any atom is 0.185 e. The zero-order valence-electron chi connectivity index (χ0n) is 11.7. The van der Waals surface area contributed by atoms with Gasteiger partial charge in [0.2, 0.25) is 0 Å². The zero-order valence-corrected chi connectivity index (χ0v) is 11.7. The van der Waals surface area contributed by atoms with Crippen LogP contribution < -0.4 is 9.64 Å². The van der Waals surface area contributed by atoms with Crippen LogP contribution in [0.4, 0.5) is 5.69 Å². The van der Waals surface area contributed by atoms with Gasteiger partial charge in [-0.2, -0.15) is 0 Å². The van der Waals surface area contributed by atoms with Crippen molar-refractivity contribution in [2.24, 2.45) is 0 Å². The van der Waals surface area contributed by atoms with Crippen LogP contribution in [0, 0.1) is 0 Å². The predicted octanol–water partition coefficient (Wildman–Crippen LogP) is 2.29. The highest BCUT2D eigenvalue weighted by molar-refractivity contribution is 5.69. The summed E-state index contributed by atoms with van der Waals surface area (Å²) in [6.45, 7) is 1.90. The standard InChI is InChI=1S/C14H21NO4/c1-17-13-11(16)7-6-10(14(18-2)19-3)12(13)15-8-4-5-9-15/h6-7,14,16H,4-5,8-9H2,1-3H3. The van der Waals surface area contributed by atoms with Crippen LogP contribution in [-0.2, 0) is 9.47 Å². The van der Waals surface area contributed by atoms with Gasteiger partial charge in [0.25, 0.3) is 0 Å². The molecule has 1 aromatic carbocycles. The summed E-state index contributed by atoms with van der Waals surface area (Å²) in [5.74, 6) is 0.623. The summed E-state index contributed by atoms with van der Waals surface area (Å²) in [4.78, 5) is 2.21. The van der Waals surface area contributed by atoms with Gasteiger partial charge in [0.1, 0.15) is 0 Å². The SMILES string of the molecule is COc1c(O)ccc(C(OC)OC)c1N1CCCC1. The van der Waals surface area contributed by atoms with Gasteiger partial charge in [0.05, 0.1) is 12.8 Å². The number of methoxy groups -OCH3 is 3. The molecule has 0 amide bonds. The molecule has 1 fully saturated rings. The molecule has 0 saturated carbocycles. The molecule has 19 heavy (non-hydrogen) atoms. The average Bonchev–Trinajstić information content (AvgIpc) is 2.94. The van der Waals surface area contributed by atoms with Gasteiger partial charge < -0.3 is 24.2 Å². The summed E-state index contributed by atoms with van der Waals surface area (Å²) in [6.07, 6.45) is 1.82. The minimum atomic E-state index is -0.468. The summed E-state index contributed by atoms with van der Waals surface area (Å²) in [7, 11) is 4.76. The number of ether oxygens (including phenoxy) is 3. The van der Waals surface area contributed by atoms with Crippen LogP contribution >= 0.6 is 0 Å². The van der Waals surface area contributed by atoms with Crippen molar-refractivity contribution < 1.29 is 19.3 Å². The molecule has 0 spiro atoms. The Hall–Kier alpha value is -1.46. The van der Waals surface area contributed by atoms with Gasteiger partial charge in [-0.3, -0.25) is 0 Å². The Morgan fingerprint density at radius 1 is 1.11 bits per heavy atom. The van der Waals surface area contributed by atoms with Crippen molar-refractivity contribution in [3.8, 4) is 11.5 Å². The van der Waals surface area contributed by atoms with Gasteiger partial charge in [-0.05, 0) is 25.0 Å². The van der Waals surface area contributed by atoms with Crippen LogP contribution in [-0.4, -0.2) is 39.5 Å². The fourth-order valence-corrected chi connectivity index (χ4v) is 2.58. The summed E-state index contributed by atoms with van der Waals surface area (Å²) in [5, 5.41) is 9.97. The van der Waals surface area contributed by atoms with E-state index in [1.54, 1.807) is 27.4 Å². The Labute approximate surface area is 113 Å². The molecule has 5 heteroatoms. The quantitative estimate of drug-likeness (QED) is 0.830. The molecule has 1 aliphatic rings. The summed E-state index contributed by atoms with van der Waals surface area (Å²) >= 11 is 0. The number of phenols is 1. The smallest absolute Gasteiger partial charge is 0.185 e. The van der Waals surface area contributed by atoms with Crippen LogP contribution in [0.5, 0.6) is 11.5 Å². The highest BCUT2D eigenvalue weighted by atomic mass is 16.7. The largest absolute Gasteiger partial charge is 0.504 e. The number of phenolic OH excluding ortho intramolecular Hbond substituents is 1. The molecule has 0 aromatic heterocycles. The lowest BCUT2D eigenvalue weighted by Crippen LogP contribution is -2.22. The number of anilines is 1. The van der Waals surface area contributed by atoms with Crippen LogP contribution in [0.15, 0.2) is 12.1 Å². The molecule has 0 atom stereocenters. The van der Waals surface area contributed by atoms with E-state index in [4.69, 9.17) is 14.2 Å². The lowest BCUT2D eigenvalue weighted by molar-refractivity contribution is -0.105. The predicted molar refractivity (Wildman–Crippen MR) is 72.9 cm³/mol. The minimum Gasteiger partial charge on any atom is -0.504 e. The molecule has 1 aliphatic heterocycles. The Bertz CT molecular complexity index is 426. The van der Waals surface area contributed by atoms with Crippen LogP contribution in [0.2, 0.25) is 0 Å². The number of benzene rings is 1. The Balaban J connectivity index is 2.52.